The Morgan fingerprint density at radius 2 is 1.75 bits per heavy atom. The molecule has 2 rings (SSSR count). The molecule has 1 N–H and O–H groups in total. The smallest absolute Gasteiger partial charge is 0.118 e. The molecule has 0 radical (unpaired) electrons. The summed E-state index contributed by atoms with van der Waals surface area (Å²) in [6, 6.07) is 13.1. The highest BCUT2D eigenvalue weighted by Crippen LogP contribution is 2.29. The number of rotatable bonds is 2. The molecule has 0 aliphatic rings. The van der Waals surface area contributed by atoms with Crippen LogP contribution in [0.1, 0.15) is 0 Å². The van der Waals surface area contributed by atoms with Crippen molar-refractivity contribution in [2.75, 3.05) is 7.11 Å². The Balaban J connectivity index is 2.45. The number of phenolic OH excluding ortho intramolecular Hbond substituents is 1. The highest BCUT2D eigenvalue weighted by atomic mass is 127. The minimum Gasteiger partial charge on any atom is -0.508 e. The molecule has 0 aromatic heterocycles. The second-order valence-electron chi connectivity index (χ2n) is 3.39. The summed E-state index contributed by atoms with van der Waals surface area (Å²) in [5.41, 5.74) is 2.10. The standard InChI is InChI=1S/C13H11IO2/c1-16-11-5-2-9(3-6-11)12-8-10(15)4-7-13(12)14/h2-8,15H,1H3. The Labute approximate surface area is 108 Å². The lowest BCUT2D eigenvalue weighted by atomic mass is 10.1. The van der Waals surface area contributed by atoms with Crippen molar-refractivity contribution in [2.24, 2.45) is 0 Å². The summed E-state index contributed by atoms with van der Waals surface area (Å²) in [4.78, 5) is 0. The van der Waals surface area contributed by atoms with Crippen LogP contribution in [0.3, 0.4) is 0 Å². The molecular formula is C13H11IO2. The van der Waals surface area contributed by atoms with E-state index in [-0.39, 0.29) is 5.75 Å². The van der Waals surface area contributed by atoms with Gasteiger partial charge in [0.05, 0.1) is 7.11 Å². The highest BCUT2D eigenvalue weighted by Gasteiger charge is 2.04. The normalized spacial score (nSPS) is 10.1. The van der Waals surface area contributed by atoms with Gasteiger partial charge in [0, 0.05) is 3.57 Å². The molecule has 0 bridgehead atoms. The maximum Gasteiger partial charge on any atom is 0.118 e. The van der Waals surface area contributed by atoms with Gasteiger partial charge in [0.25, 0.3) is 0 Å². The van der Waals surface area contributed by atoms with Gasteiger partial charge in [0.1, 0.15) is 11.5 Å². The van der Waals surface area contributed by atoms with Crippen LogP contribution in [0.4, 0.5) is 0 Å². The minimum atomic E-state index is 0.284. The van der Waals surface area contributed by atoms with Crippen molar-refractivity contribution in [1.82, 2.24) is 0 Å². The highest BCUT2D eigenvalue weighted by molar-refractivity contribution is 14.1. The van der Waals surface area contributed by atoms with Crippen LogP contribution >= 0.6 is 22.6 Å². The third kappa shape index (κ3) is 2.29. The van der Waals surface area contributed by atoms with Crippen LogP contribution < -0.4 is 4.74 Å². The van der Waals surface area contributed by atoms with Crippen molar-refractivity contribution in [3.05, 3.63) is 46.0 Å². The quantitative estimate of drug-likeness (QED) is 0.854. The molecule has 3 heteroatoms. The maximum atomic E-state index is 9.47. The van der Waals surface area contributed by atoms with Crippen LogP contribution in [-0.2, 0) is 0 Å². The van der Waals surface area contributed by atoms with E-state index in [1.165, 1.54) is 0 Å². The molecule has 0 fully saturated rings. The number of benzene rings is 2. The van der Waals surface area contributed by atoms with Gasteiger partial charge in [-0.1, -0.05) is 12.1 Å². The fraction of sp³-hybridized carbons (Fsp3) is 0.0769. The van der Waals surface area contributed by atoms with Crippen molar-refractivity contribution >= 4 is 22.6 Å². The number of aromatic hydroxyl groups is 1. The molecule has 2 nitrogen and oxygen atoms in total. The molecular weight excluding hydrogens is 315 g/mol. The molecule has 0 amide bonds. The molecule has 0 saturated carbocycles. The van der Waals surface area contributed by atoms with E-state index in [4.69, 9.17) is 4.74 Å². The Morgan fingerprint density at radius 3 is 2.38 bits per heavy atom. The average molecular weight is 326 g/mol. The molecule has 82 valence electrons. The lowest BCUT2D eigenvalue weighted by Gasteiger charge is -2.06. The Kier molecular flexibility index (Phi) is 3.33. The summed E-state index contributed by atoms with van der Waals surface area (Å²) in [6.07, 6.45) is 0. The topological polar surface area (TPSA) is 29.5 Å². The minimum absolute atomic E-state index is 0.284. The summed E-state index contributed by atoms with van der Waals surface area (Å²) in [5.74, 6) is 1.12. The van der Waals surface area contributed by atoms with Crippen LogP contribution in [0, 0.1) is 3.57 Å². The first-order valence-corrected chi connectivity index (χ1v) is 5.91. The number of hydrogen-bond acceptors (Lipinski definition) is 2. The van der Waals surface area contributed by atoms with Gasteiger partial charge in [-0.3, -0.25) is 0 Å². The average Bonchev–Trinajstić information content (AvgIpc) is 2.32. The van der Waals surface area contributed by atoms with Crippen molar-refractivity contribution in [3.63, 3.8) is 0 Å². The first-order chi connectivity index (χ1) is 7.70. The molecule has 0 spiro atoms. The van der Waals surface area contributed by atoms with Gasteiger partial charge in [-0.05, 0) is 64.0 Å². The third-order valence-corrected chi connectivity index (χ3v) is 3.29. The zero-order chi connectivity index (χ0) is 11.5. The van der Waals surface area contributed by atoms with Crippen molar-refractivity contribution in [2.45, 2.75) is 0 Å². The monoisotopic (exact) mass is 326 g/mol. The molecule has 0 unspecified atom stereocenters. The first kappa shape index (κ1) is 11.3. The van der Waals surface area contributed by atoms with Gasteiger partial charge >= 0.3 is 0 Å². The van der Waals surface area contributed by atoms with E-state index in [2.05, 4.69) is 22.6 Å². The maximum absolute atomic E-state index is 9.47. The van der Waals surface area contributed by atoms with Gasteiger partial charge in [-0.25, -0.2) is 0 Å². The van der Waals surface area contributed by atoms with E-state index < -0.39 is 0 Å². The van der Waals surface area contributed by atoms with Crippen molar-refractivity contribution in [3.8, 4) is 22.6 Å². The summed E-state index contributed by atoms with van der Waals surface area (Å²) in [5, 5.41) is 9.47. The Bertz CT molecular complexity index is 492. The van der Waals surface area contributed by atoms with Gasteiger partial charge in [0.2, 0.25) is 0 Å². The van der Waals surface area contributed by atoms with Gasteiger partial charge < -0.3 is 9.84 Å². The van der Waals surface area contributed by atoms with Gasteiger partial charge in [0.15, 0.2) is 0 Å². The van der Waals surface area contributed by atoms with Crippen LogP contribution in [-0.4, -0.2) is 12.2 Å². The van der Waals surface area contributed by atoms with E-state index in [1.54, 1.807) is 19.2 Å². The molecule has 2 aromatic carbocycles. The zero-order valence-corrected chi connectivity index (χ0v) is 10.9. The molecule has 2 aromatic rings. The fourth-order valence-corrected chi connectivity index (χ4v) is 2.15. The zero-order valence-electron chi connectivity index (χ0n) is 8.77. The molecule has 0 aliphatic carbocycles. The molecule has 0 heterocycles. The van der Waals surface area contributed by atoms with Crippen molar-refractivity contribution in [1.29, 1.82) is 0 Å². The third-order valence-electron chi connectivity index (χ3n) is 2.35. The van der Waals surface area contributed by atoms with Crippen LogP contribution in [0.2, 0.25) is 0 Å². The Morgan fingerprint density at radius 1 is 1.06 bits per heavy atom. The van der Waals surface area contributed by atoms with E-state index in [9.17, 15) is 5.11 Å². The van der Waals surface area contributed by atoms with Gasteiger partial charge in [-0.15, -0.1) is 0 Å². The first-order valence-electron chi connectivity index (χ1n) is 4.83. The number of hydrogen-bond donors (Lipinski definition) is 1. The number of halogens is 1. The molecule has 0 atom stereocenters. The summed E-state index contributed by atoms with van der Waals surface area (Å²) >= 11 is 2.26. The van der Waals surface area contributed by atoms with Crippen LogP contribution in [0.15, 0.2) is 42.5 Å². The van der Waals surface area contributed by atoms with E-state index >= 15 is 0 Å². The second-order valence-corrected chi connectivity index (χ2v) is 4.55. The fourth-order valence-electron chi connectivity index (χ4n) is 1.51. The summed E-state index contributed by atoms with van der Waals surface area (Å²) in [6.45, 7) is 0. The van der Waals surface area contributed by atoms with Crippen LogP contribution in [0.5, 0.6) is 11.5 Å². The molecule has 0 saturated heterocycles. The number of methoxy groups -OCH3 is 1. The lowest BCUT2D eigenvalue weighted by Crippen LogP contribution is -1.85. The van der Waals surface area contributed by atoms with E-state index in [0.717, 1.165) is 20.4 Å². The summed E-state index contributed by atoms with van der Waals surface area (Å²) < 4.78 is 6.22. The number of phenols is 1. The second kappa shape index (κ2) is 4.74. The molecule has 16 heavy (non-hydrogen) atoms. The van der Waals surface area contributed by atoms with Gasteiger partial charge in [-0.2, -0.15) is 0 Å². The van der Waals surface area contributed by atoms with Crippen molar-refractivity contribution < 1.29 is 9.84 Å². The van der Waals surface area contributed by atoms with E-state index in [0.29, 0.717) is 0 Å². The van der Waals surface area contributed by atoms with Crippen LogP contribution in [0.25, 0.3) is 11.1 Å². The largest absolute Gasteiger partial charge is 0.508 e. The molecule has 0 aliphatic heterocycles. The van der Waals surface area contributed by atoms with E-state index in [1.807, 2.05) is 30.3 Å². The lowest BCUT2D eigenvalue weighted by molar-refractivity contribution is 0.415. The SMILES string of the molecule is COc1ccc(-c2cc(O)ccc2I)cc1. The predicted octanol–water partition coefficient (Wildman–Crippen LogP) is 3.67. The Hall–Kier alpha value is -1.23. The summed E-state index contributed by atoms with van der Waals surface area (Å²) in [7, 11) is 1.65. The number of ether oxygens (including phenoxy) is 1. The predicted molar refractivity (Wildman–Crippen MR) is 72.8 cm³/mol.